The van der Waals surface area contributed by atoms with Gasteiger partial charge in [-0.05, 0) is 32.7 Å². The minimum atomic E-state index is 0.381. The zero-order valence-electron chi connectivity index (χ0n) is 12.2. The van der Waals surface area contributed by atoms with Crippen molar-refractivity contribution in [2.24, 2.45) is 0 Å². The molecule has 104 valence electrons. The Morgan fingerprint density at radius 2 is 2.11 bits per heavy atom. The van der Waals surface area contributed by atoms with Crippen LogP contribution in [0.3, 0.4) is 0 Å². The standard InChI is InChI=1S/C15H24N4/c1-10(2)15-16-11(3)9-14(18-15)17-12-6-8-19-7-4-5-13(12)19/h9-10,12-13H,4-8H2,1-3H3,(H,16,17,18). The molecule has 2 unspecified atom stereocenters. The Labute approximate surface area is 115 Å². The van der Waals surface area contributed by atoms with E-state index in [1.165, 1.54) is 32.4 Å². The molecule has 0 spiro atoms. The summed E-state index contributed by atoms with van der Waals surface area (Å²) >= 11 is 0. The van der Waals surface area contributed by atoms with Crippen LogP contribution in [0, 0.1) is 6.92 Å². The van der Waals surface area contributed by atoms with Gasteiger partial charge in [-0.1, -0.05) is 13.8 Å². The molecule has 1 N–H and O–H groups in total. The summed E-state index contributed by atoms with van der Waals surface area (Å²) in [6, 6.07) is 3.36. The number of hydrogen-bond acceptors (Lipinski definition) is 4. The van der Waals surface area contributed by atoms with Crippen LogP contribution >= 0.6 is 0 Å². The first-order valence-corrected chi connectivity index (χ1v) is 7.49. The Morgan fingerprint density at radius 3 is 2.89 bits per heavy atom. The summed E-state index contributed by atoms with van der Waals surface area (Å²) in [5.41, 5.74) is 1.06. The smallest absolute Gasteiger partial charge is 0.133 e. The average Bonchev–Trinajstić information content (AvgIpc) is 2.93. The van der Waals surface area contributed by atoms with Crippen LogP contribution in [-0.4, -0.2) is 40.0 Å². The third-order valence-corrected chi connectivity index (χ3v) is 4.33. The van der Waals surface area contributed by atoms with E-state index in [2.05, 4.69) is 47.0 Å². The molecule has 4 nitrogen and oxygen atoms in total. The predicted octanol–water partition coefficient (Wildman–Crippen LogP) is 2.56. The molecule has 0 amide bonds. The van der Waals surface area contributed by atoms with Gasteiger partial charge in [0.2, 0.25) is 0 Å². The van der Waals surface area contributed by atoms with Crippen molar-refractivity contribution in [3.05, 3.63) is 17.6 Å². The van der Waals surface area contributed by atoms with Crippen molar-refractivity contribution in [3.63, 3.8) is 0 Å². The first-order valence-electron chi connectivity index (χ1n) is 7.49. The number of aromatic nitrogens is 2. The molecule has 0 aromatic carbocycles. The van der Waals surface area contributed by atoms with Crippen LogP contribution in [0.5, 0.6) is 0 Å². The SMILES string of the molecule is Cc1cc(NC2CCN3CCCC23)nc(C(C)C)n1. The molecular weight excluding hydrogens is 236 g/mol. The molecule has 2 aliphatic rings. The Hall–Kier alpha value is -1.16. The first-order chi connectivity index (χ1) is 9.13. The van der Waals surface area contributed by atoms with E-state index in [1.807, 2.05) is 0 Å². The lowest BCUT2D eigenvalue weighted by molar-refractivity contribution is 0.318. The molecule has 3 heterocycles. The molecule has 1 aromatic rings. The Balaban J connectivity index is 1.76. The van der Waals surface area contributed by atoms with Crippen molar-refractivity contribution in [1.82, 2.24) is 14.9 Å². The zero-order valence-corrected chi connectivity index (χ0v) is 12.2. The number of anilines is 1. The van der Waals surface area contributed by atoms with Gasteiger partial charge in [-0.15, -0.1) is 0 Å². The van der Waals surface area contributed by atoms with E-state index in [4.69, 9.17) is 0 Å². The van der Waals surface area contributed by atoms with Gasteiger partial charge in [0.1, 0.15) is 11.6 Å². The molecule has 2 fully saturated rings. The average molecular weight is 260 g/mol. The van der Waals surface area contributed by atoms with Gasteiger partial charge in [-0.2, -0.15) is 0 Å². The third kappa shape index (κ3) is 2.59. The van der Waals surface area contributed by atoms with Gasteiger partial charge in [0.15, 0.2) is 0 Å². The second-order valence-electron chi connectivity index (χ2n) is 6.19. The van der Waals surface area contributed by atoms with Crippen molar-refractivity contribution in [1.29, 1.82) is 0 Å². The first kappa shape index (κ1) is 12.9. The second kappa shape index (κ2) is 5.08. The van der Waals surface area contributed by atoms with Crippen LogP contribution in [0.4, 0.5) is 5.82 Å². The molecule has 0 radical (unpaired) electrons. The summed E-state index contributed by atoms with van der Waals surface area (Å²) in [6.45, 7) is 8.86. The summed E-state index contributed by atoms with van der Waals surface area (Å²) in [5, 5.41) is 3.66. The Morgan fingerprint density at radius 1 is 1.26 bits per heavy atom. The minimum Gasteiger partial charge on any atom is -0.366 e. The predicted molar refractivity (Wildman–Crippen MR) is 77.5 cm³/mol. The largest absolute Gasteiger partial charge is 0.366 e. The van der Waals surface area contributed by atoms with Crippen LogP contribution < -0.4 is 5.32 Å². The lowest BCUT2D eigenvalue weighted by atomic mass is 10.1. The number of nitrogens with one attached hydrogen (secondary N) is 1. The van der Waals surface area contributed by atoms with Crippen molar-refractivity contribution >= 4 is 5.82 Å². The Kier molecular flexibility index (Phi) is 3.44. The number of aryl methyl sites for hydroxylation is 1. The van der Waals surface area contributed by atoms with Gasteiger partial charge in [0.05, 0.1) is 0 Å². The van der Waals surface area contributed by atoms with Crippen LogP contribution in [-0.2, 0) is 0 Å². The molecular formula is C15H24N4. The Bertz CT molecular complexity index is 457. The lowest BCUT2D eigenvalue weighted by Crippen LogP contribution is -2.34. The molecule has 0 saturated carbocycles. The van der Waals surface area contributed by atoms with Gasteiger partial charge in [-0.3, -0.25) is 4.90 Å². The highest BCUT2D eigenvalue weighted by atomic mass is 15.2. The highest BCUT2D eigenvalue weighted by Gasteiger charge is 2.37. The van der Waals surface area contributed by atoms with E-state index < -0.39 is 0 Å². The molecule has 0 aliphatic carbocycles. The fourth-order valence-corrected chi connectivity index (χ4v) is 3.36. The maximum Gasteiger partial charge on any atom is 0.133 e. The molecule has 0 bridgehead atoms. The lowest BCUT2D eigenvalue weighted by Gasteiger charge is -2.22. The summed E-state index contributed by atoms with van der Waals surface area (Å²) in [4.78, 5) is 11.8. The van der Waals surface area contributed by atoms with Gasteiger partial charge in [0, 0.05) is 36.3 Å². The van der Waals surface area contributed by atoms with E-state index in [0.717, 1.165) is 23.4 Å². The zero-order chi connectivity index (χ0) is 13.4. The second-order valence-corrected chi connectivity index (χ2v) is 6.19. The summed E-state index contributed by atoms with van der Waals surface area (Å²) in [7, 11) is 0. The number of hydrogen-bond donors (Lipinski definition) is 1. The number of fused-ring (bicyclic) bond motifs is 1. The third-order valence-electron chi connectivity index (χ3n) is 4.33. The van der Waals surface area contributed by atoms with Crippen LogP contribution in [0.15, 0.2) is 6.07 Å². The quantitative estimate of drug-likeness (QED) is 0.907. The molecule has 3 rings (SSSR count). The van der Waals surface area contributed by atoms with E-state index in [-0.39, 0.29) is 0 Å². The minimum absolute atomic E-state index is 0.381. The summed E-state index contributed by atoms with van der Waals surface area (Å²) in [6.07, 6.45) is 3.92. The van der Waals surface area contributed by atoms with Gasteiger partial charge >= 0.3 is 0 Å². The molecule has 2 atom stereocenters. The molecule has 19 heavy (non-hydrogen) atoms. The highest BCUT2D eigenvalue weighted by Crippen LogP contribution is 2.30. The maximum atomic E-state index is 4.67. The van der Waals surface area contributed by atoms with Crippen LogP contribution in [0.25, 0.3) is 0 Å². The van der Waals surface area contributed by atoms with E-state index in [0.29, 0.717) is 12.0 Å². The molecule has 2 aliphatic heterocycles. The normalized spacial score (nSPS) is 26.9. The topological polar surface area (TPSA) is 41.0 Å². The number of nitrogens with zero attached hydrogens (tertiary/aromatic N) is 3. The van der Waals surface area contributed by atoms with Crippen molar-refractivity contribution in [2.75, 3.05) is 18.4 Å². The molecule has 4 heteroatoms. The highest BCUT2D eigenvalue weighted by molar-refractivity contribution is 5.38. The van der Waals surface area contributed by atoms with Crippen LogP contribution in [0.2, 0.25) is 0 Å². The van der Waals surface area contributed by atoms with E-state index in [9.17, 15) is 0 Å². The van der Waals surface area contributed by atoms with Crippen molar-refractivity contribution < 1.29 is 0 Å². The van der Waals surface area contributed by atoms with Gasteiger partial charge < -0.3 is 5.32 Å². The summed E-state index contributed by atoms with van der Waals surface area (Å²) < 4.78 is 0. The molecule has 1 aromatic heterocycles. The maximum absolute atomic E-state index is 4.67. The van der Waals surface area contributed by atoms with E-state index in [1.54, 1.807) is 0 Å². The van der Waals surface area contributed by atoms with Gasteiger partial charge in [0.25, 0.3) is 0 Å². The molecule has 2 saturated heterocycles. The van der Waals surface area contributed by atoms with E-state index >= 15 is 0 Å². The fraction of sp³-hybridized carbons (Fsp3) is 0.733. The summed E-state index contributed by atoms with van der Waals surface area (Å²) in [5.74, 6) is 2.34. The van der Waals surface area contributed by atoms with Crippen molar-refractivity contribution in [2.45, 2.75) is 58.0 Å². The van der Waals surface area contributed by atoms with Crippen molar-refractivity contribution in [3.8, 4) is 0 Å². The number of rotatable bonds is 3. The monoisotopic (exact) mass is 260 g/mol. The fourth-order valence-electron chi connectivity index (χ4n) is 3.36. The van der Waals surface area contributed by atoms with Crippen LogP contribution in [0.1, 0.15) is 50.5 Å². The van der Waals surface area contributed by atoms with Gasteiger partial charge in [-0.25, -0.2) is 9.97 Å².